The highest BCUT2D eigenvalue weighted by molar-refractivity contribution is 8.00. The van der Waals surface area contributed by atoms with Gasteiger partial charge < -0.3 is 0 Å². The first-order chi connectivity index (χ1) is 8.54. The lowest BCUT2D eigenvalue weighted by molar-refractivity contribution is 0.586. The Labute approximate surface area is 114 Å². The van der Waals surface area contributed by atoms with Crippen molar-refractivity contribution in [3.8, 4) is 0 Å². The molecule has 0 bridgehead atoms. The maximum absolute atomic E-state index is 12.4. The van der Waals surface area contributed by atoms with E-state index in [2.05, 4.69) is 6.92 Å². The summed E-state index contributed by atoms with van der Waals surface area (Å²) in [6, 6.07) is 7.76. The van der Waals surface area contributed by atoms with E-state index in [1.54, 1.807) is 16.1 Å². The average molecular weight is 285 g/mol. The standard InChI is InChI=1S/C13H19NO2S2/c1-3-4-9-18(15,16)14-10-11(2)17-13-8-6-5-7-12(13)14/h5-8,11H,3-4,9-10H2,1-2H3. The quantitative estimate of drug-likeness (QED) is 0.853. The summed E-state index contributed by atoms with van der Waals surface area (Å²) < 4.78 is 26.3. The van der Waals surface area contributed by atoms with Gasteiger partial charge in [-0.1, -0.05) is 32.4 Å². The molecule has 1 aromatic carbocycles. The number of thioether (sulfide) groups is 1. The molecule has 0 radical (unpaired) electrons. The molecule has 1 unspecified atom stereocenters. The van der Waals surface area contributed by atoms with Crippen LogP contribution < -0.4 is 4.31 Å². The fraction of sp³-hybridized carbons (Fsp3) is 0.538. The molecule has 0 aromatic heterocycles. The summed E-state index contributed by atoms with van der Waals surface area (Å²) in [5, 5.41) is 0.302. The lowest BCUT2D eigenvalue weighted by Crippen LogP contribution is -2.39. The minimum absolute atomic E-state index is 0.245. The number of hydrogen-bond acceptors (Lipinski definition) is 3. The molecule has 1 aliphatic rings. The smallest absolute Gasteiger partial charge is 0.235 e. The van der Waals surface area contributed by atoms with E-state index in [9.17, 15) is 8.42 Å². The third kappa shape index (κ3) is 2.83. The van der Waals surface area contributed by atoms with Crippen molar-refractivity contribution < 1.29 is 8.42 Å². The first-order valence-corrected chi connectivity index (χ1v) is 8.79. The van der Waals surface area contributed by atoms with Gasteiger partial charge in [-0.25, -0.2) is 8.42 Å². The van der Waals surface area contributed by atoms with Gasteiger partial charge >= 0.3 is 0 Å². The fourth-order valence-electron chi connectivity index (χ4n) is 2.05. The van der Waals surface area contributed by atoms with Gasteiger partial charge in [0.25, 0.3) is 0 Å². The minimum Gasteiger partial charge on any atom is -0.268 e. The topological polar surface area (TPSA) is 37.4 Å². The van der Waals surface area contributed by atoms with E-state index < -0.39 is 10.0 Å². The highest BCUT2D eigenvalue weighted by Crippen LogP contribution is 2.39. The summed E-state index contributed by atoms with van der Waals surface area (Å²) in [6.45, 7) is 4.66. The zero-order valence-electron chi connectivity index (χ0n) is 10.8. The van der Waals surface area contributed by atoms with Crippen LogP contribution in [0.15, 0.2) is 29.2 Å². The Morgan fingerprint density at radius 2 is 2.11 bits per heavy atom. The van der Waals surface area contributed by atoms with Gasteiger partial charge in [-0.3, -0.25) is 4.31 Å². The molecule has 2 rings (SSSR count). The van der Waals surface area contributed by atoms with Crippen molar-refractivity contribution in [1.29, 1.82) is 0 Å². The molecule has 5 heteroatoms. The summed E-state index contributed by atoms with van der Waals surface area (Å²) in [4.78, 5) is 1.07. The van der Waals surface area contributed by atoms with Crippen LogP contribution in [0, 0.1) is 0 Å². The molecule has 0 saturated heterocycles. The van der Waals surface area contributed by atoms with E-state index in [1.165, 1.54) is 0 Å². The van der Waals surface area contributed by atoms with Crippen molar-refractivity contribution in [2.24, 2.45) is 0 Å². The molecule has 0 amide bonds. The van der Waals surface area contributed by atoms with E-state index in [-0.39, 0.29) is 5.75 Å². The summed E-state index contributed by atoms with van der Waals surface area (Å²) in [7, 11) is -3.17. The largest absolute Gasteiger partial charge is 0.268 e. The van der Waals surface area contributed by atoms with E-state index in [1.807, 2.05) is 31.2 Å². The summed E-state index contributed by atoms with van der Waals surface area (Å²) >= 11 is 1.75. The Morgan fingerprint density at radius 3 is 2.83 bits per heavy atom. The SMILES string of the molecule is CCCCS(=O)(=O)N1CC(C)Sc2ccccc21. The summed E-state index contributed by atoms with van der Waals surface area (Å²) in [5.41, 5.74) is 0.844. The van der Waals surface area contributed by atoms with Crippen molar-refractivity contribution in [3.05, 3.63) is 24.3 Å². The van der Waals surface area contributed by atoms with Crippen molar-refractivity contribution >= 4 is 27.5 Å². The molecule has 0 fully saturated rings. The lowest BCUT2D eigenvalue weighted by atomic mass is 10.3. The molecule has 18 heavy (non-hydrogen) atoms. The Balaban J connectivity index is 2.34. The van der Waals surface area contributed by atoms with Crippen LogP contribution in [-0.4, -0.2) is 26.0 Å². The molecule has 1 aliphatic heterocycles. The van der Waals surface area contributed by atoms with Crippen LogP contribution in [0.1, 0.15) is 26.7 Å². The monoisotopic (exact) mass is 285 g/mol. The molecule has 1 heterocycles. The van der Waals surface area contributed by atoms with Crippen LogP contribution in [0.4, 0.5) is 5.69 Å². The predicted molar refractivity (Wildman–Crippen MR) is 77.8 cm³/mol. The van der Waals surface area contributed by atoms with Gasteiger partial charge in [0.2, 0.25) is 10.0 Å². The number of rotatable bonds is 4. The molecular formula is C13H19NO2S2. The number of hydrogen-bond donors (Lipinski definition) is 0. The third-order valence-electron chi connectivity index (χ3n) is 2.98. The van der Waals surface area contributed by atoms with Crippen LogP contribution >= 0.6 is 11.8 Å². The van der Waals surface area contributed by atoms with E-state index in [0.717, 1.165) is 23.4 Å². The minimum atomic E-state index is -3.17. The van der Waals surface area contributed by atoms with Crippen molar-refractivity contribution in [2.45, 2.75) is 36.8 Å². The van der Waals surface area contributed by atoms with Crippen LogP contribution in [0.25, 0.3) is 0 Å². The summed E-state index contributed by atoms with van der Waals surface area (Å²) in [6.07, 6.45) is 1.63. The second kappa shape index (κ2) is 5.53. The van der Waals surface area contributed by atoms with E-state index in [4.69, 9.17) is 0 Å². The molecule has 0 spiro atoms. The second-order valence-electron chi connectivity index (χ2n) is 4.60. The van der Waals surface area contributed by atoms with Gasteiger partial charge in [-0.15, -0.1) is 11.8 Å². The number of unbranched alkanes of at least 4 members (excludes halogenated alkanes) is 1. The van der Waals surface area contributed by atoms with Crippen LogP contribution in [-0.2, 0) is 10.0 Å². The van der Waals surface area contributed by atoms with Crippen LogP contribution in [0.5, 0.6) is 0 Å². The maximum Gasteiger partial charge on any atom is 0.235 e. The predicted octanol–water partition coefficient (Wildman–Crippen LogP) is 3.12. The lowest BCUT2D eigenvalue weighted by Gasteiger charge is -2.33. The number of nitrogens with zero attached hydrogens (tertiary/aromatic N) is 1. The molecular weight excluding hydrogens is 266 g/mol. The van der Waals surface area contributed by atoms with Gasteiger partial charge in [-0.05, 0) is 18.6 Å². The zero-order chi connectivity index (χ0) is 13.2. The molecule has 0 aliphatic carbocycles. The van der Waals surface area contributed by atoms with Crippen molar-refractivity contribution in [3.63, 3.8) is 0 Å². The summed E-state index contributed by atoms with van der Waals surface area (Å²) in [5.74, 6) is 0.245. The average Bonchev–Trinajstić information content (AvgIpc) is 2.35. The number of sulfonamides is 1. The number of fused-ring (bicyclic) bond motifs is 1. The number of para-hydroxylation sites is 1. The third-order valence-corrected chi connectivity index (χ3v) is 5.95. The Hall–Kier alpha value is -0.680. The van der Waals surface area contributed by atoms with Gasteiger partial charge in [0, 0.05) is 16.7 Å². The van der Waals surface area contributed by atoms with Crippen molar-refractivity contribution in [2.75, 3.05) is 16.6 Å². The normalized spacial score (nSPS) is 19.7. The fourth-order valence-corrected chi connectivity index (χ4v) is 5.10. The van der Waals surface area contributed by atoms with Gasteiger partial charge in [0.05, 0.1) is 11.4 Å². The second-order valence-corrected chi connectivity index (χ2v) is 8.09. The number of benzene rings is 1. The Kier molecular flexibility index (Phi) is 4.22. The molecule has 0 saturated carbocycles. The number of anilines is 1. The first-order valence-electron chi connectivity index (χ1n) is 6.30. The van der Waals surface area contributed by atoms with Crippen molar-refractivity contribution in [1.82, 2.24) is 0 Å². The molecule has 1 atom stereocenters. The van der Waals surface area contributed by atoms with Gasteiger partial charge in [-0.2, -0.15) is 0 Å². The van der Waals surface area contributed by atoms with E-state index >= 15 is 0 Å². The maximum atomic E-state index is 12.4. The van der Waals surface area contributed by atoms with Gasteiger partial charge in [0.15, 0.2) is 0 Å². The van der Waals surface area contributed by atoms with Crippen LogP contribution in [0.3, 0.4) is 0 Å². The molecule has 3 nitrogen and oxygen atoms in total. The molecule has 1 aromatic rings. The molecule has 0 N–H and O–H groups in total. The molecule has 100 valence electrons. The Morgan fingerprint density at radius 1 is 1.39 bits per heavy atom. The van der Waals surface area contributed by atoms with Crippen LogP contribution in [0.2, 0.25) is 0 Å². The highest BCUT2D eigenvalue weighted by atomic mass is 32.2. The van der Waals surface area contributed by atoms with Gasteiger partial charge in [0.1, 0.15) is 0 Å². The zero-order valence-corrected chi connectivity index (χ0v) is 12.4. The first kappa shape index (κ1) is 13.7. The van der Waals surface area contributed by atoms with E-state index in [0.29, 0.717) is 11.8 Å². The Bertz CT molecular complexity index is 513. The highest BCUT2D eigenvalue weighted by Gasteiger charge is 2.30.